The predicted molar refractivity (Wildman–Crippen MR) is 119 cm³/mol. The molecule has 11 heteroatoms. The summed E-state index contributed by atoms with van der Waals surface area (Å²) in [6.45, 7) is 3.12. The van der Waals surface area contributed by atoms with E-state index in [1.165, 1.54) is 24.9 Å². The molecular weight excluding hydrogens is 442 g/mol. The first-order chi connectivity index (χ1) is 14.8. The summed E-state index contributed by atoms with van der Waals surface area (Å²) < 4.78 is 16.2. The fraction of sp³-hybridized carbons (Fsp3) is 0.500. The zero-order valence-electron chi connectivity index (χ0n) is 17.5. The van der Waals surface area contributed by atoms with Crippen LogP contribution in [0.1, 0.15) is 52.1 Å². The van der Waals surface area contributed by atoms with E-state index in [-0.39, 0.29) is 24.0 Å². The minimum atomic E-state index is -0.745. The van der Waals surface area contributed by atoms with Gasteiger partial charge in [-0.25, -0.2) is 4.79 Å². The van der Waals surface area contributed by atoms with Crippen molar-refractivity contribution >= 4 is 34.9 Å². The molecule has 2 atom stereocenters. The number of thioether (sulfide) groups is 1. The topological polar surface area (TPSA) is 127 Å². The maximum atomic E-state index is 13.0. The minimum absolute atomic E-state index is 0.0639. The summed E-state index contributed by atoms with van der Waals surface area (Å²) in [7, 11) is 1.47. The molecule has 1 aromatic heterocycles. The number of aromatic hydroxyl groups is 1. The van der Waals surface area contributed by atoms with Gasteiger partial charge in [0.2, 0.25) is 5.89 Å². The number of carbonyl (C=O) groups excluding carboxylic acids is 1. The zero-order valence-corrected chi connectivity index (χ0v) is 19.1. The second kappa shape index (κ2) is 10.3. The standard InChI is InChI=1S/C20H25N3O6S2/c1-10-16(27-3)6-15(25)13-8-31-9-14(19-21-11(2)23-29-19)22-17(30)5-4-12(7-24)28-20(26)18(10)13/h6,12,14,24-25H,4-5,7-9H2,1-3H3,(H,22,30)/t12-,14-/m0/s1. The number of thiocarbonyl (C=S) groups is 1. The van der Waals surface area contributed by atoms with Crippen LogP contribution < -0.4 is 10.1 Å². The van der Waals surface area contributed by atoms with Gasteiger partial charge in [-0.1, -0.05) is 17.4 Å². The number of fused-ring (bicyclic) bond motifs is 1. The van der Waals surface area contributed by atoms with E-state index < -0.39 is 12.1 Å². The lowest BCUT2D eigenvalue weighted by atomic mass is 10.0. The summed E-state index contributed by atoms with van der Waals surface area (Å²) in [5.74, 6) is 1.44. The quantitative estimate of drug-likeness (QED) is 0.455. The highest BCUT2D eigenvalue weighted by Crippen LogP contribution is 2.36. The van der Waals surface area contributed by atoms with E-state index in [1.807, 2.05) is 0 Å². The van der Waals surface area contributed by atoms with E-state index in [0.29, 0.717) is 57.9 Å². The lowest BCUT2D eigenvalue weighted by Crippen LogP contribution is -2.30. The molecule has 3 rings (SSSR count). The van der Waals surface area contributed by atoms with Crippen LogP contribution >= 0.6 is 24.0 Å². The summed E-state index contributed by atoms with van der Waals surface area (Å²) in [6.07, 6.45) is -0.0105. The monoisotopic (exact) mass is 467 g/mol. The van der Waals surface area contributed by atoms with Gasteiger partial charge in [-0.3, -0.25) is 0 Å². The first kappa shape index (κ1) is 23.3. The van der Waals surface area contributed by atoms with Gasteiger partial charge in [0.1, 0.15) is 23.6 Å². The van der Waals surface area contributed by atoms with Crippen molar-refractivity contribution in [1.82, 2.24) is 15.5 Å². The summed E-state index contributed by atoms with van der Waals surface area (Å²) in [5, 5.41) is 27.4. The minimum Gasteiger partial charge on any atom is -0.507 e. The Morgan fingerprint density at radius 2 is 2.19 bits per heavy atom. The van der Waals surface area contributed by atoms with Gasteiger partial charge >= 0.3 is 5.97 Å². The number of phenols is 1. The Hall–Kier alpha value is -2.37. The molecular formula is C20H25N3O6S2. The van der Waals surface area contributed by atoms with Crippen LogP contribution in [0.4, 0.5) is 0 Å². The number of hydrogen-bond donors (Lipinski definition) is 3. The lowest BCUT2D eigenvalue weighted by molar-refractivity contribution is 0.0118. The van der Waals surface area contributed by atoms with E-state index in [9.17, 15) is 15.0 Å². The van der Waals surface area contributed by atoms with Crippen molar-refractivity contribution in [3.8, 4) is 11.5 Å². The fourth-order valence-corrected chi connectivity index (χ4v) is 4.63. The molecule has 168 valence electrons. The first-order valence-electron chi connectivity index (χ1n) is 9.72. The third-order valence-electron chi connectivity index (χ3n) is 4.93. The number of aliphatic hydroxyl groups excluding tert-OH is 1. The molecule has 0 fully saturated rings. The molecule has 0 aliphatic carbocycles. The first-order valence-corrected chi connectivity index (χ1v) is 11.3. The van der Waals surface area contributed by atoms with Crippen molar-refractivity contribution in [1.29, 1.82) is 0 Å². The maximum Gasteiger partial charge on any atom is 0.339 e. The Morgan fingerprint density at radius 1 is 1.42 bits per heavy atom. The van der Waals surface area contributed by atoms with Crippen LogP contribution in [-0.4, -0.2) is 56.9 Å². The van der Waals surface area contributed by atoms with Crippen molar-refractivity contribution < 1.29 is 29.0 Å². The van der Waals surface area contributed by atoms with Crippen LogP contribution in [0.3, 0.4) is 0 Å². The van der Waals surface area contributed by atoms with E-state index in [1.54, 1.807) is 13.8 Å². The molecule has 0 amide bonds. The van der Waals surface area contributed by atoms with Crippen molar-refractivity contribution in [2.75, 3.05) is 19.5 Å². The van der Waals surface area contributed by atoms with Gasteiger partial charge in [0.15, 0.2) is 5.82 Å². The molecule has 1 aromatic carbocycles. The van der Waals surface area contributed by atoms with E-state index in [2.05, 4.69) is 15.5 Å². The summed E-state index contributed by atoms with van der Waals surface area (Å²) >= 11 is 6.91. The van der Waals surface area contributed by atoms with Crippen LogP contribution in [0.2, 0.25) is 0 Å². The summed E-state index contributed by atoms with van der Waals surface area (Å²) in [6, 6.07) is 1.14. The third-order valence-corrected chi connectivity index (χ3v) is 6.31. The van der Waals surface area contributed by atoms with Gasteiger partial charge in [-0.2, -0.15) is 16.7 Å². The number of rotatable bonds is 3. The van der Waals surface area contributed by atoms with E-state index in [0.717, 1.165) is 0 Å². The maximum absolute atomic E-state index is 13.0. The molecule has 31 heavy (non-hydrogen) atoms. The molecule has 0 unspecified atom stereocenters. The van der Waals surface area contributed by atoms with Gasteiger partial charge in [0.05, 0.1) is 24.3 Å². The second-order valence-electron chi connectivity index (χ2n) is 7.14. The average Bonchev–Trinajstić information content (AvgIpc) is 3.18. The number of hydrogen-bond acceptors (Lipinski definition) is 10. The van der Waals surface area contributed by atoms with Crippen LogP contribution in [0.25, 0.3) is 0 Å². The molecule has 2 heterocycles. The molecule has 0 spiro atoms. The van der Waals surface area contributed by atoms with Gasteiger partial charge in [0, 0.05) is 35.1 Å². The van der Waals surface area contributed by atoms with Gasteiger partial charge < -0.3 is 29.5 Å². The number of aromatic nitrogens is 2. The highest BCUT2D eigenvalue weighted by Gasteiger charge is 2.27. The Morgan fingerprint density at radius 3 is 2.84 bits per heavy atom. The SMILES string of the molecule is COc1cc(O)c2c(c1C)C(=O)O[C@H](CO)CCC(=S)N[C@H](c1nc(C)no1)CSC2. The molecule has 9 nitrogen and oxygen atoms in total. The molecule has 2 aromatic rings. The second-order valence-corrected chi connectivity index (χ2v) is 8.66. The Labute approximate surface area is 189 Å². The number of ether oxygens (including phenoxy) is 2. The Kier molecular flexibility index (Phi) is 7.74. The number of esters is 1. The average molecular weight is 468 g/mol. The Bertz CT molecular complexity index is 965. The molecule has 1 aliphatic rings. The van der Waals surface area contributed by atoms with Crippen molar-refractivity contribution in [3.63, 3.8) is 0 Å². The lowest BCUT2D eigenvalue weighted by Gasteiger charge is -2.19. The number of aryl methyl sites for hydroxylation is 1. The fourth-order valence-electron chi connectivity index (χ4n) is 3.30. The Balaban J connectivity index is 1.98. The van der Waals surface area contributed by atoms with Gasteiger partial charge in [-0.15, -0.1) is 0 Å². The van der Waals surface area contributed by atoms with Crippen LogP contribution in [0, 0.1) is 13.8 Å². The zero-order chi connectivity index (χ0) is 22.5. The molecule has 0 bridgehead atoms. The number of nitrogens with one attached hydrogen (secondary N) is 1. The van der Waals surface area contributed by atoms with Gasteiger partial charge in [0.25, 0.3) is 0 Å². The molecule has 0 saturated heterocycles. The van der Waals surface area contributed by atoms with Crippen LogP contribution in [0.5, 0.6) is 11.5 Å². The highest BCUT2D eigenvalue weighted by molar-refractivity contribution is 7.98. The van der Waals surface area contributed by atoms with Crippen LogP contribution in [0.15, 0.2) is 10.6 Å². The number of cyclic esters (lactones) is 1. The smallest absolute Gasteiger partial charge is 0.339 e. The number of benzene rings is 1. The summed E-state index contributed by atoms with van der Waals surface area (Å²) in [4.78, 5) is 17.8. The number of methoxy groups -OCH3 is 1. The number of aliphatic hydroxyl groups is 1. The van der Waals surface area contributed by atoms with Crippen molar-refractivity contribution in [2.24, 2.45) is 0 Å². The number of carbonyl (C=O) groups is 1. The molecule has 3 N–H and O–H groups in total. The molecule has 0 radical (unpaired) electrons. The predicted octanol–water partition coefficient (Wildman–Crippen LogP) is 2.60. The summed E-state index contributed by atoms with van der Waals surface area (Å²) in [5.41, 5.74) is 1.24. The molecule has 0 saturated carbocycles. The largest absolute Gasteiger partial charge is 0.507 e. The van der Waals surface area contributed by atoms with Crippen molar-refractivity contribution in [3.05, 3.63) is 34.5 Å². The number of nitrogens with zero attached hydrogens (tertiary/aromatic N) is 2. The van der Waals surface area contributed by atoms with E-state index in [4.69, 9.17) is 26.2 Å². The van der Waals surface area contributed by atoms with Gasteiger partial charge in [-0.05, 0) is 20.3 Å². The van der Waals surface area contributed by atoms with E-state index >= 15 is 0 Å². The third kappa shape index (κ3) is 5.46. The highest BCUT2D eigenvalue weighted by atomic mass is 32.2. The van der Waals surface area contributed by atoms with Crippen molar-refractivity contribution in [2.45, 2.75) is 44.6 Å². The van der Waals surface area contributed by atoms with Crippen LogP contribution in [-0.2, 0) is 10.5 Å². The molecule has 1 aliphatic heterocycles. The normalized spacial score (nSPS) is 20.5. The number of phenolic OH excluding ortho intramolecular Hbond substituents is 1.